The maximum Gasteiger partial charge on any atom is 0.212 e. The molecule has 4 heteroatoms. The van der Waals surface area contributed by atoms with Gasteiger partial charge in [0, 0.05) is 41.1 Å². The van der Waals surface area contributed by atoms with Crippen LogP contribution in [0, 0.1) is 6.92 Å². The third-order valence-electron chi connectivity index (χ3n) is 5.06. The van der Waals surface area contributed by atoms with Crippen molar-refractivity contribution in [2.45, 2.75) is 25.3 Å². The molecule has 1 aliphatic heterocycles. The summed E-state index contributed by atoms with van der Waals surface area (Å²) in [5, 5.41) is 2.48. The molecule has 2 aromatic carbocycles. The van der Waals surface area contributed by atoms with Crippen molar-refractivity contribution < 1.29 is 9.30 Å². The first-order valence-electron chi connectivity index (χ1n) is 9.54. The molecule has 3 nitrogen and oxygen atoms in total. The quantitative estimate of drug-likeness (QED) is 0.420. The SMILES string of the molecule is C=CCN1/C(=C/c2ccc3cc(C)ccc3[n+]2CC)Sc2ccc(OC)cc21. The first kappa shape index (κ1) is 18.6. The molecule has 0 saturated heterocycles. The largest absolute Gasteiger partial charge is 0.497 e. The Labute approximate surface area is 170 Å². The van der Waals surface area contributed by atoms with E-state index in [-0.39, 0.29) is 0 Å². The third kappa shape index (κ3) is 3.29. The molecule has 0 unspecified atom stereocenters. The lowest BCUT2D eigenvalue weighted by Crippen LogP contribution is -2.37. The minimum atomic E-state index is 0.762. The van der Waals surface area contributed by atoms with Crippen LogP contribution < -0.4 is 14.2 Å². The molecule has 28 heavy (non-hydrogen) atoms. The number of benzene rings is 2. The molecule has 4 rings (SSSR count). The highest BCUT2D eigenvalue weighted by Gasteiger charge is 2.26. The van der Waals surface area contributed by atoms with E-state index < -0.39 is 0 Å². The molecule has 1 aliphatic rings. The number of hydrogen-bond acceptors (Lipinski definition) is 3. The molecule has 0 atom stereocenters. The number of methoxy groups -OCH3 is 1. The number of anilines is 1. The number of thioether (sulfide) groups is 1. The molecular formula is C24H25N2OS+. The average molecular weight is 390 g/mol. The van der Waals surface area contributed by atoms with Gasteiger partial charge in [0.2, 0.25) is 11.2 Å². The van der Waals surface area contributed by atoms with E-state index in [1.165, 1.54) is 37.8 Å². The predicted molar refractivity (Wildman–Crippen MR) is 119 cm³/mol. The number of aryl methyl sites for hydroxylation is 2. The van der Waals surface area contributed by atoms with Gasteiger partial charge in [-0.3, -0.25) is 0 Å². The second-order valence-corrected chi connectivity index (χ2v) is 7.94. The summed E-state index contributed by atoms with van der Waals surface area (Å²) < 4.78 is 7.80. The Hall–Kier alpha value is -2.72. The molecule has 0 amide bonds. The number of aromatic nitrogens is 1. The van der Waals surface area contributed by atoms with Crippen LogP contribution in [-0.2, 0) is 6.54 Å². The molecule has 1 aromatic heterocycles. The maximum atomic E-state index is 5.43. The summed E-state index contributed by atoms with van der Waals surface area (Å²) in [7, 11) is 1.71. The summed E-state index contributed by atoms with van der Waals surface area (Å²) in [4.78, 5) is 3.54. The Balaban J connectivity index is 1.81. The second kappa shape index (κ2) is 7.72. The molecule has 0 bridgehead atoms. The normalized spacial score (nSPS) is 14.5. The van der Waals surface area contributed by atoms with E-state index in [4.69, 9.17) is 4.74 Å². The topological polar surface area (TPSA) is 16.4 Å². The van der Waals surface area contributed by atoms with Crippen molar-refractivity contribution in [3.63, 3.8) is 0 Å². The van der Waals surface area contributed by atoms with Crippen LogP contribution in [0.4, 0.5) is 5.69 Å². The summed E-state index contributed by atoms with van der Waals surface area (Å²) in [5.74, 6) is 0.874. The molecule has 0 saturated carbocycles. The van der Waals surface area contributed by atoms with Gasteiger partial charge in [-0.05, 0) is 38.1 Å². The van der Waals surface area contributed by atoms with Crippen LogP contribution in [0.3, 0.4) is 0 Å². The minimum absolute atomic E-state index is 0.762. The van der Waals surface area contributed by atoms with Gasteiger partial charge in [-0.2, -0.15) is 4.57 Å². The smallest absolute Gasteiger partial charge is 0.212 e. The molecule has 142 valence electrons. The lowest BCUT2D eigenvalue weighted by atomic mass is 10.1. The highest BCUT2D eigenvalue weighted by Crippen LogP contribution is 2.47. The predicted octanol–water partition coefficient (Wildman–Crippen LogP) is 5.56. The van der Waals surface area contributed by atoms with Gasteiger partial charge in [0.25, 0.3) is 0 Å². The van der Waals surface area contributed by atoms with E-state index in [9.17, 15) is 0 Å². The van der Waals surface area contributed by atoms with Crippen LogP contribution in [0.2, 0.25) is 0 Å². The molecule has 0 N–H and O–H groups in total. The lowest BCUT2D eigenvalue weighted by Gasteiger charge is -2.18. The van der Waals surface area contributed by atoms with E-state index in [1.807, 2.05) is 12.1 Å². The fourth-order valence-corrected chi connectivity index (χ4v) is 4.79. The summed E-state index contributed by atoms with van der Waals surface area (Å²) in [6, 6.07) is 17.3. The van der Waals surface area contributed by atoms with Gasteiger partial charge >= 0.3 is 0 Å². The van der Waals surface area contributed by atoms with E-state index in [2.05, 4.69) is 78.4 Å². The van der Waals surface area contributed by atoms with Gasteiger partial charge in [0.1, 0.15) is 12.3 Å². The van der Waals surface area contributed by atoms with Crippen molar-refractivity contribution >= 4 is 34.4 Å². The first-order chi connectivity index (χ1) is 13.6. The average Bonchev–Trinajstić information content (AvgIpc) is 3.04. The molecule has 2 heterocycles. The minimum Gasteiger partial charge on any atom is -0.497 e. The number of ether oxygens (including phenoxy) is 1. The van der Waals surface area contributed by atoms with Gasteiger partial charge in [0.15, 0.2) is 0 Å². The maximum absolute atomic E-state index is 5.43. The fourth-order valence-electron chi connectivity index (χ4n) is 3.70. The fraction of sp³-hybridized carbons (Fsp3) is 0.208. The van der Waals surface area contributed by atoms with Crippen LogP contribution in [-0.4, -0.2) is 13.7 Å². The van der Waals surface area contributed by atoms with E-state index in [0.29, 0.717) is 0 Å². The standard InChI is InChI=1S/C24H25N2OS/c1-5-13-26-22-16-20(27-4)10-12-23(22)28-24(26)15-19-9-8-18-14-17(3)7-11-21(18)25(19)6-2/h5,7-12,14-16H,1,6,13H2,2-4H3/q+1. The van der Waals surface area contributed by atoms with Crippen LogP contribution >= 0.6 is 11.8 Å². The van der Waals surface area contributed by atoms with Gasteiger partial charge < -0.3 is 9.64 Å². The van der Waals surface area contributed by atoms with E-state index >= 15 is 0 Å². The zero-order chi connectivity index (χ0) is 19.7. The van der Waals surface area contributed by atoms with E-state index in [0.717, 1.165) is 18.8 Å². The van der Waals surface area contributed by atoms with Crippen molar-refractivity contribution in [1.29, 1.82) is 0 Å². The Morgan fingerprint density at radius 2 is 2.00 bits per heavy atom. The van der Waals surface area contributed by atoms with Gasteiger partial charge in [-0.15, -0.1) is 6.58 Å². The molecule has 0 fully saturated rings. The summed E-state index contributed by atoms with van der Waals surface area (Å²) in [5.41, 5.74) is 4.93. The first-order valence-corrected chi connectivity index (χ1v) is 10.4. The number of fused-ring (bicyclic) bond motifs is 2. The molecule has 0 radical (unpaired) electrons. The second-order valence-electron chi connectivity index (χ2n) is 6.88. The van der Waals surface area contributed by atoms with Crippen molar-refractivity contribution in [2.75, 3.05) is 18.6 Å². The third-order valence-corrected chi connectivity index (χ3v) is 6.17. The Kier molecular flexibility index (Phi) is 5.14. The zero-order valence-electron chi connectivity index (χ0n) is 16.6. The van der Waals surface area contributed by atoms with Crippen molar-refractivity contribution in [3.8, 4) is 5.75 Å². The summed E-state index contributed by atoms with van der Waals surface area (Å²) in [6.07, 6.45) is 4.23. The Morgan fingerprint density at radius 3 is 2.75 bits per heavy atom. The van der Waals surface area contributed by atoms with Crippen molar-refractivity contribution in [2.24, 2.45) is 0 Å². The van der Waals surface area contributed by atoms with Crippen LogP contribution in [0.25, 0.3) is 17.0 Å². The highest BCUT2D eigenvalue weighted by atomic mass is 32.2. The van der Waals surface area contributed by atoms with Gasteiger partial charge in [0.05, 0.1) is 17.8 Å². The van der Waals surface area contributed by atoms with Gasteiger partial charge in [-0.25, -0.2) is 0 Å². The molecule has 0 aliphatic carbocycles. The lowest BCUT2D eigenvalue weighted by molar-refractivity contribution is -0.669. The highest BCUT2D eigenvalue weighted by molar-refractivity contribution is 8.03. The summed E-state index contributed by atoms with van der Waals surface area (Å²) in [6.45, 7) is 9.97. The van der Waals surface area contributed by atoms with Crippen molar-refractivity contribution in [3.05, 3.63) is 77.5 Å². The van der Waals surface area contributed by atoms with Gasteiger partial charge in [-0.1, -0.05) is 29.5 Å². The molecule has 3 aromatic rings. The number of nitrogens with zero attached hydrogens (tertiary/aromatic N) is 2. The van der Waals surface area contributed by atoms with E-state index in [1.54, 1.807) is 18.9 Å². The number of pyridine rings is 1. The van der Waals surface area contributed by atoms with Crippen LogP contribution in [0.1, 0.15) is 18.2 Å². The molecular weight excluding hydrogens is 364 g/mol. The number of hydrogen-bond donors (Lipinski definition) is 0. The monoisotopic (exact) mass is 389 g/mol. The van der Waals surface area contributed by atoms with Crippen LogP contribution in [0.15, 0.2) is 71.1 Å². The number of rotatable bonds is 5. The summed E-state index contributed by atoms with van der Waals surface area (Å²) >= 11 is 1.80. The Bertz CT molecular complexity index is 1090. The van der Waals surface area contributed by atoms with Crippen molar-refractivity contribution in [1.82, 2.24) is 0 Å². The Morgan fingerprint density at radius 1 is 1.14 bits per heavy atom. The van der Waals surface area contributed by atoms with Crippen LogP contribution in [0.5, 0.6) is 5.75 Å². The zero-order valence-corrected chi connectivity index (χ0v) is 17.4. The molecule has 0 spiro atoms.